The summed E-state index contributed by atoms with van der Waals surface area (Å²) in [6.07, 6.45) is 9.34. The van der Waals surface area contributed by atoms with E-state index < -0.39 is 0 Å². The predicted molar refractivity (Wildman–Crippen MR) is 71.3 cm³/mol. The Bertz CT molecular complexity index is 299. The molecule has 0 aromatic carbocycles. The first kappa shape index (κ1) is 12.6. The summed E-state index contributed by atoms with van der Waals surface area (Å²) in [5.74, 6) is 2.90. The van der Waals surface area contributed by atoms with E-state index in [0.717, 1.165) is 56.9 Å². The first-order valence-electron chi connectivity index (χ1n) is 7.48. The van der Waals surface area contributed by atoms with Gasteiger partial charge in [0.05, 0.1) is 6.10 Å². The van der Waals surface area contributed by atoms with Gasteiger partial charge in [0.2, 0.25) is 0 Å². The van der Waals surface area contributed by atoms with Crippen molar-refractivity contribution in [3.63, 3.8) is 0 Å². The molecule has 0 radical (unpaired) electrons. The van der Waals surface area contributed by atoms with Gasteiger partial charge < -0.3 is 15.2 Å². The maximum absolute atomic E-state index is 10.1. The molecular weight excluding hydrogens is 226 g/mol. The minimum absolute atomic E-state index is 0.192. The summed E-state index contributed by atoms with van der Waals surface area (Å²) in [6.45, 7) is 3.46. The summed E-state index contributed by atoms with van der Waals surface area (Å²) in [4.78, 5) is 0. The Morgan fingerprint density at radius 2 is 2.06 bits per heavy atom. The Morgan fingerprint density at radius 3 is 2.72 bits per heavy atom. The SMILES string of the molecule is O[C@H](CNC[C@@H]1C[C@H]2C=C[C@H]1C2)C1CCOCC1. The van der Waals surface area contributed by atoms with Crippen LogP contribution in [-0.2, 0) is 4.74 Å². The molecule has 1 heterocycles. The van der Waals surface area contributed by atoms with Crippen molar-refractivity contribution in [1.82, 2.24) is 5.32 Å². The molecule has 2 fully saturated rings. The van der Waals surface area contributed by atoms with Gasteiger partial charge in [-0.15, -0.1) is 0 Å². The third kappa shape index (κ3) is 2.79. The minimum atomic E-state index is -0.192. The van der Waals surface area contributed by atoms with Crippen molar-refractivity contribution in [1.29, 1.82) is 0 Å². The zero-order chi connectivity index (χ0) is 12.4. The van der Waals surface area contributed by atoms with Crippen molar-refractivity contribution in [2.45, 2.75) is 31.8 Å². The van der Waals surface area contributed by atoms with Crippen LogP contribution in [0.15, 0.2) is 12.2 Å². The summed E-state index contributed by atoms with van der Waals surface area (Å²) < 4.78 is 5.33. The van der Waals surface area contributed by atoms with E-state index in [2.05, 4.69) is 17.5 Å². The maximum Gasteiger partial charge on any atom is 0.0694 e. The second-order valence-corrected chi connectivity index (χ2v) is 6.22. The molecule has 1 saturated carbocycles. The summed E-state index contributed by atoms with van der Waals surface area (Å²) >= 11 is 0. The Morgan fingerprint density at radius 1 is 1.22 bits per heavy atom. The number of nitrogens with one attached hydrogen (secondary N) is 1. The fourth-order valence-corrected chi connectivity index (χ4v) is 3.81. The second-order valence-electron chi connectivity index (χ2n) is 6.22. The summed E-state index contributed by atoms with van der Waals surface area (Å²) in [5, 5.41) is 13.6. The van der Waals surface area contributed by atoms with Gasteiger partial charge in [-0.3, -0.25) is 0 Å². The van der Waals surface area contributed by atoms with Crippen molar-refractivity contribution in [3.05, 3.63) is 12.2 Å². The third-order valence-electron chi connectivity index (χ3n) is 4.99. The average molecular weight is 251 g/mol. The monoisotopic (exact) mass is 251 g/mol. The van der Waals surface area contributed by atoms with Crippen LogP contribution in [0.4, 0.5) is 0 Å². The van der Waals surface area contributed by atoms with E-state index in [-0.39, 0.29) is 6.10 Å². The lowest BCUT2D eigenvalue weighted by atomic mass is 9.92. The van der Waals surface area contributed by atoms with E-state index in [4.69, 9.17) is 4.74 Å². The average Bonchev–Trinajstić information content (AvgIpc) is 3.02. The molecule has 18 heavy (non-hydrogen) atoms. The van der Waals surface area contributed by atoms with Crippen LogP contribution in [0.2, 0.25) is 0 Å². The number of fused-ring (bicyclic) bond motifs is 2. The third-order valence-corrected chi connectivity index (χ3v) is 4.99. The molecule has 0 amide bonds. The molecule has 3 heteroatoms. The number of hydrogen-bond donors (Lipinski definition) is 2. The first-order chi connectivity index (χ1) is 8.83. The smallest absolute Gasteiger partial charge is 0.0694 e. The molecule has 3 rings (SSSR count). The van der Waals surface area contributed by atoms with Crippen LogP contribution in [0.25, 0.3) is 0 Å². The van der Waals surface area contributed by atoms with Crippen LogP contribution < -0.4 is 5.32 Å². The van der Waals surface area contributed by atoms with Gasteiger partial charge in [0.15, 0.2) is 0 Å². The van der Waals surface area contributed by atoms with Crippen LogP contribution in [0.5, 0.6) is 0 Å². The van der Waals surface area contributed by atoms with Crippen LogP contribution in [0, 0.1) is 23.7 Å². The van der Waals surface area contributed by atoms with Crippen molar-refractivity contribution < 1.29 is 9.84 Å². The Kier molecular flexibility index (Phi) is 4.02. The van der Waals surface area contributed by atoms with Crippen molar-refractivity contribution in [3.8, 4) is 0 Å². The standard InChI is InChI=1S/C15H25NO2/c17-15(12-3-5-18-6-4-12)10-16-9-14-8-11-1-2-13(14)7-11/h1-2,11-17H,3-10H2/t11-,13-,14-,15+/m0/s1. The van der Waals surface area contributed by atoms with Crippen molar-refractivity contribution >= 4 is 0 Å². The van der Waals surface area contributed by atoms with Gasteiger partial charge >= 0.3 is 0 Å². The molecule has 0 unspecified atom stereocenters. The molecular formula is C15H25NO2. The zero-order valence-electron chi connectivity index (χ0n) is 11.1. The lowest BCUT2D eigenvalue weighted by Crippen LogP contribution is -2.38. The molecule has 4 atom stereocenters. The molecule has 2 N–H and O–H groups in total. The van der Waals surface area contributed by atoms with E-state index in [0.29, 0.717) is 5.92 Å². The highest BCUT2D eigenvalue weighted by Crippen LogP contribution is 2.42. The Balaban J connectivity index is 1.35. The minimum Gasteiger partial charge on any atom is -0.392 e. The van der Waals surface area contributed by atoms with Gasteiger partial charge in [-0.2, -0.15) is 0 Å². The van der Waals surface area contributed by atoms with E-state index in [9.17, 15) is 5.11 Å². The van der Waals surface area contributed by atoms with Crippen LogP contribution in [0.1, 0.15) is 25.7 Å². The number of hydrogen-bond acceptors (Lipinski definition) is 3. The quantitative estimate of drug-likeness (QED) is 0.729. The highest BCUT2D eigenvalue weighted by Gasteiger charge is 2.35. The molecule has 102 valence electrons. The van der Waals surface area contributed by atoms with Crippen molar-refractivity contribution in [2.75, 3.05) is 26.3 Å². The van der Waals surface area contributed by atoms with Crippen molar-refractivity contribution in [2.24, 2.45) is 23.7 Å². The molecule has 2 aliphatic carbocycles. The number of aliphatic hydroxyl groups is 1. The molecule has 0 aromatic heterocycles. The molecule has 1 saturated heterocycles. The van der Waals surface area contributed by atoms with Gasteiger partial charge in [0, 0.05) is 19.8 Å². The predicted octanol–water partition coefficient (Wildman–Crippen LogP) is 1.58. The van der Waals surface area contributed by atoms with Crippen LogP contribution in [-0.4, -0.2) is 37.5 Å². The summed E-state index contributed by atoms with van der Waals surface area (Å²) in [7, 11) is 0. The highest BCUT2D eigenvalue weighted by molar-refractivity contribution is 5.10. The summed E-state index contributed by atoms with van der Waals surface area (Å²) in [5.41, 5.74) is 0. The molecule has 3 aliphatic rings. The Hall–Kier alpha value is -0.380. The molecule has 3 nitrogen and oxygen atoms in total. The normalized spacial score (nSPS) is 37.3. The van der Waals surface area contributed by atoms with E-state index in [1.165, 1.54) is 12.8 Å². The van der Waals surface area contributed by atoms with Gasteiger partial charge in [0.1, 0.15) is 0 Å². The maximum atomic E-state index is 10.1. The fraction of sp³-hybridized carbons (Fsp3) is 0.867. The van der Waals surface area contributed by atoms with Crippen LogP contribution >= 0.6 is 0 Å². The zero-order valence-corrected chi connectivity index (χ0v) is 11.1. The second kappa shape index (κ2) is 5.72. The first-order valence-corrected chi connectivity index (χ1v) is 7.48. The number of ether oxygens (including phenoxy) is 1. The van der Waals surface area contributed by atoms with Gasteiger partial charge in [0.25, 0.3) is 0 Å². The Labute approximate surface area is 110 Å². The fourth-order valence-electron chi connectivity index (χ4n) is 3.81. The lowest BCUT2D eigenvalue weighted by molar-refractivity contribution is 0.00824. The van der Waals surface area contributed by atoms with Crippen LogP contribution in [0.3, 0.4) is 0 Å². The lowest BCUT2D eigenvalue weighted by Gasteiger charge is -2.27. The molecule has 0 aromatic rings. The number of aliphatic hydroxyl groups excluding tert-OH is 1. The number of rotatable bonds is 5. The van der Waals surface area contributed by atoms with Gasteiger partial charge in [-0.1, -0.05) is 12.2 Å². The molecule has 0 spiro atoms. The van der Waals surface area contributed by atoms with E-state index in [1.807, 2.05) is 0 Å². The summed E-state index contributed by atoms with van der Waals surface area (Å²) in [6, 6.07) is 0. The van der Waals surface area contributed by atoms with Gasteiger partial charge in [-0.25, -0.2) is 0 Å². The molecule has 1 aliphatic heterocycles. The largest absolute Gasteiger partial charge is 0.392 e. The van der Waals surface area contributed by atoms with E-state index in [1.54, 1.807) is 0 Å². The number of allylic oxidation sites excluding steroid dienone is 2. The highest BCUT2D eigenvalue weighted by atomic mass is 16.5. The van der Waals surface area contributed by atoms with E-state index >= 15 is 0 Å². The van der Waals surface area contributed by atoms with Gasteiger partial charge in [-0.05, 0) is 55.9 Å². The topological polar surface area (TPSA) is 41.5 Å². The molecule has 2 bridgehead atoms.